The van der Waals surface area contributed by atoms with Gasteiger partial charge in [0.25, 0.3) is 0 Å². The van der Waals surface area contributed by atoms with Gasteiger partial charge in [-0.1, -0.05) is 77.9 Å². The molecule has 53 heavy (non-hydrogen) atoms. The van der Waals surface area contributed by atoms with Crippen LogP contribution in [0.4, 0.5) is 5.82 Å². The lowest BCUT2D eigenvalue weighted by atomic mass is 10.1. The summed E-state index contributed by atoms with van der Waals surface area (Å²) in [5.41, 5.74) is 7.15. The van der Waals surface area contributed by atoms with Crippen LogP contribution in [0.1, 0.15) is 44.6 Å². The van der Waals surface area contributed by atoms with Gasteiger partial charge in [-0.25, -0.2) is 9.67 Å². The van der Waals surface area contributed by atoms with E-state index in [-0.39, 0.29) is 22.6 Å². The number of benzene rings is 5. The molecule has 0 saturated carbocycles. The molecule has 6 rings (SSSR count). The van der Waals surface area contributed by atoms with Gasteiger partial charge in [-0.2, -0.15) is 15.6 Å². The van der Waals surface area contributed by atoms with Crippen molar-refractivity contribution in [2.75, 3.05) is 0 Å². The van der Waals surface area contributed by atoms with E-state index in [1.807, 2.05) is 105 Å². The summed E-state index contributed by atoms with van der Waals surface area (Å²) in [4.78, 5) is 4.77. The molecule has 1 aromatic heterocycles. The molecule has 6 aromatic rings. The Balaban J connectivity index is 1.32. The van der Waals surface area contributed by atoms with Gasteiger partial charge in [0.15, 0.2) is 5.82 Å². The Kier molecular flexibility index (Phi) is 12.4. The van der Waals surface area contributed by atoms with Crippen molar-refractivity contribution in [1.29, 1.82) is 10.5 Å². The topological polar surface area (TPSA) is 96.2 Å². The summed E-state index contributed by atoms with van der Waals surface area (Å²) in [5, 5.41) is 25.6. The number of aryl methyl sites for hydroxylation is 2. The summed E-state index contributed by atoms with van der Waals surface area (Å²) in [6.45, 7) is 4.89. The van der Waals surface area contributed by atoms with Gasteiger partial charge in [0.05, 0.1) is 29.2 Å². The van der Waals surface area contributed by atoms with Crippen molar-refractivity contribution < 1.29 is 9.47 Å². The second-order valence-corrected chi connectivity index (χ2v) is 15.4. The minimum atomic E-state index is 0.158. The van der Waals surface area contributed by atoms with Crippen molar-refractivity contribution in [3.63, 3.8) is 0 Å². The van der Waals surface area contributed by atoms with Gasteiger partial charge in [-0.05, 0) is 142 Å². The van der Waals surface area contributed by atoms with E-state index >= 15 is 0 Å². The van der Waals surface area contributed by atoms with E-state index in [2.05, 4.69) is 88.0 Å². The number of halogens is 4. The molecule has 0 unspecified atom stereocenters. The standard InChI is InChI=1S/C42H29Br4N5O2/c1-26-8-12-28(13-9-26)24-52-40-35(43)17-30(18-36(40)44)16-32(21-47)39-34(22-48)42(51(50-39)33-6-4-3-5-7-33)49-23-31-19-37(45)41(38(46)20-31)53-25-29-14-10-27(2)11-15-29/h3-20,23H,24-25H2,1-2H3. The lowest BCUT2D eigenvalue weighted by Gasteiger charge is -2.12. The second-order valence-electron chi connectivity index (χ2n) is 12.0. The highest BCUT2D eigenvalue weighted by Gasteiger charge is 2.22. The predicted octanol–water partition coefficient (Wildman–Crippen LogP) is 12.4. The fraction of sp³-hybridized carbons (Fsp3) is 0.0952. The van der Waals surface area contributed by atoms with Crippen LogP contribution in [0.5, 0.6) is 11.5 Å². The zero-order valence-electron chi connectivity index (χ0n) is 28.4. The van der Waals surface area contributed by atoms with Crippen LogP contribution in [0.25, 0.3) is 17.3 Å². The number of nitriles is 2. The molecule has 0 radical (unpaired) electrons. The lowest BCUT2D eigenvalue weighted by Crippen LogP contribution is -1.98. The van der Waals surface area contributed by atoms with Crippen LogP contribution in [-0.2, 0) is 13.2 Å². The monoisotopic (exact) mass is 951 g/mol. The highest BCUT2D eigenvalue weighted by atomic mass is 79.9. The van der Waals surface area contributed by atoms with E-state index in [4.69, 9.17) is 19.6 Å². The molecule has 0 aliphatic carbocycles. The van der Waals surface area contributed by atoms with Crippen LogP contribution in [0.15, 0.2) is 126 Å². The molecule has 5 aromatic carbocycles. The van der Waals surface area contributed by atoms with E-state index in [1.54, 1.807) is 17.0 Å². The van der Waals surface area contributed by atoms with Crippen LogP contribution in [0.3, 0.4) is 0 Å². The summed E-state index contributed by atoms with van der Waals surface area (Å²) in [6.07, 6.45) is 3.34. The number of rotatable bonds is 11. The number of hydrogen-bond donors (Lipinski definition) is 0. The van der Waals surface area contributed by atoms with Gasteiger partial charge in [0.2, 0.25) is 0 Å². The highest BCUT2D eigenvalue weighted by molar-refractivity contribution is 9.11. The first-order valence-electron chi connectivity index (χ1n) is 16.2. The number of aromatic nitrogens is 2. The first-order valence-corrected chi connectivity index (χ1v) is 19.4. The number of hydrogen-bond acceptors (Lipinski definition) is 6. The van der Waals surface area contributed by atoms with Gasteiger partial charge >= 0.3 is 0 Å². The van der Waals surface area contributed by atoms with Gasteiger partial charge in [-0.15, -0.1) is 0 Å². The Morgan fingerprint density at radius 3 is 1.68 bits per heavy atom. The maximum Gasteiger partial charge on any atom is 0.174 e. The fourth-order valence-electron chi connectivity index (χ4n) is 5.30. The number of aliphatic imine (C=N–C) groups is 1. The van der Waals surface area contributed by atoms with Gasteiger partial charge in [0.1, 0.15) is 48.1 Å². The molecule has 0 amide bonds. The second kappa shape index (κ2) is 17.4. The molecular weight excluding hydrogens is 926 g/mol. The van der Waals surface area contributed by atoms with Crippen molar-refractivity contribution >= 4 is 87.4 Å². The molecule has 0 aliphatic heterocycles. The summed E-state index contributed by atoms with van der Waals surface area (Å²) >= 11 is 14.6. The molecule has 0 saturated heterocycles. The Morgan fingerprint density at radius 1 is 0.717 bits per heavy atom. The zero-order chi connectivity index (χ0) is 37.5. The van der Waals surface area contributed by atoms with Crippen molar-refractivity contribution in [1.82, 2.24) is 9.78 Å². The van der Waals surface area contributed by atoms with E-state index in [0.717, 1.165) is 25.6 Å². The zero-order valence-corrected chi connectivity index (χ0v) is 34.8. The minimum Gasteiger partial charge on any atom is -0.487 e. The Hall–Kier alpha value is -4.78. The number of allylic oxidation sites excluding steroid dienone is 1. The van der Waals surface area contributed by atoms with Crippen LogP contribution >= 0.6 is 63.7 Å². The molecule has 0 spiro atoms. The highest BCUT2D eigenvalue weighted by Crippen LogP contribution is 2.38. The van der Waals surface area contributed by atoms with Crippen molar-refractivity contribution in [2.45, 2.75) is 27.1 Å². The smallest absolute Gasteiger partial charge is 0.174 e. The van der Waals surface area contributed by atoms with Crippen LogP contribution in [-0.4, -0.2) is 16.0 Å². The minimum absolute atomic E-state index is 0.158. The molecule has 262 valence electrons. The number of ether oxygens (including phenoxy) is 2. The molecule has 0 fully saturated rings. The quantitative estimate of drug-likeness (QED) is 0.0952. The third kappa shape index (κ3) is 9.24. The Bertz CT molecular complexity index is 2380. The first kappa shape index (κ1) is 38.0. The average molecular weight is 955 g/mol. The summed E-state index contributed by atoms with van der Waals surface area (Å²) in [7, 11) is 0. The molecule has 1 heterocycles. The fourth-order valence-corrected chi connectivity index (χ4v) is 8.20. The lowest BCUT2D eigenvalue weighted by molar-refractivity contribution is 0.302. The van der Waals surface area contributed by atoms with Crippen molar-refractivity contribution in [2.24, 2.45) is 4.99 Å². The summed E-state index contributed by atoms with van der Waals surface area (Å²) < 4.78 is 16.7. The molecule has 0 atom stereocenters. The average Bonchev–Trinajstić information content (AvgIpc) is 3.52. The molecule has 7 nitrogen and oxygen atoms in total. The third-order valence-corrected chi connectivity index (χ3v) is 10.4. The van der Waals surface area contributed by atoms with E-state index in [0.29, 0.717) is 44.9 Å². The number of nitrogens with zero attached hydrogens (tertiary/aromatic N) is 5. The van der Waals surface area contributed by atoms with Crippen LogP contribution < -0.4 is 9.47 Å². The van der Waals surface area contributed by atoms with E-state index < -0.39 is 0 Å². The van der Waals surface area contributed by atoms with Crippen molar-refractivity contribution in [3.05, 3.63) is 166 Å². The van der Waals surface area contributed by atoms with E-state index in [9.17, 15) is 10.5 Å². The maximum atomic E-state index is 10.5. The van der Waals surface area contributed by atoms with Crippen LogP contribution in [0.2, 0.25) is 0 Å². The SMILES string of the molecule is Cc1ccc(COc2c(Br)cc(C=Nc3c(C#N)c(C(C#N)=Cc4cc(Br)c(OCc5ccc(C)cc5)c(Br)c4)nn3-c3ccccc3)cc2Br)cc1. The molecule has 0 bridgehead atoms. The Labute approximate surface area is 341 Å². The third-order valence-electron chi connectivity index (χ3n) is 8.04. The van der Waals surface area contributed by atoms with Gasteiger partial charge in [-0.3, -0.25) is 0 Å². The largest absolute Gasteiger partial charge is 0.487 e. The van der Waals surface area contributed by atoms with Gasteiger partial charge < -0.3 is 9.47 Å². The first-order chi connectivity index (χ1) is 25.6. The Morgan fingerprint density at radius 2 is 1.21 bits per heavy atom. The summed E-state index contributed by atoms with van der Waals surface area (Å²) in [6, 6.07) is 37.7. The normalized spacial score (nSPS) is 11.4. The molecular formula is C42H29Br4N5O2. The van der Waals surface area contributed by atoms with Crippen LogP contribution in [0, 0.1) is 36.5 Å². The molecule has 0 N–H and O–H groups in total. The van der Waals surface area contributed by atoms with E-state index in [1.165, 1.54) is 11.1 Å². The molecule has 11 heteroatoms. The van der Waals surface area contributed by atoms with Gasteiger partial charge in [0, 0.05) is 6.21 Å². The maximum absolute atomic E-state index is 10.5. The number of para-hydroxylation sites is 1. The van der Waals surface area contributed by atoms with Crippen molar-refractivity contribution in [3.8, 4) is 29.3 Å². The summed E-state index contributed by atoms with van der Waals surface area (Å²) in [5.74, 6) is 1.57. The predicted molar refractivity (Wildman–Crippen MR) is 224 cm³/mol. The molecule has 0 aliphatic rings.